The van der Waals surface area contributed by atoms with E-state index in [4.69, 9.17) is 20.0 Å². The Morgan fingerprint density at radius 2 is 1.96 bits per heavy atom. The standard InChI is InChI=1S/C17H26N8O3/c1-11-20-12(28-23-11)9-19-14-13(18)15(25-4-3-17(2,26)10-25)22-16(21-14)24-5-7-27-8-6-24/h26H,3-10,18H2,1-2H3,(H,19,21,22)/t17-/m0/s1. The largest absolute Gasteiger partial charge is 0.393 e. The van der Waals surface area contributed by atoms with Crippen LogP contribution in [0.3, 0.4) is 0 Å². The first kappa shape index (κ1) is 18.7. The van der Waals surface area contributed by atoms with Gasteiger partial charge in [0.15, 0.2) is 17.5 Å². The van der Waals surface area contributed by atoms with Gasteiger partial charge < -0.3 is 35.2 Å². The molecule has 4 rings (SSSR count). The second kappa shape index (κ2) is 7.40. The molecule has 0 radical (unpaired) electrons. The quantitative estimate of drug-likeness (QED) is 0.643. The molecule has 2 aliphatic heterocycles. The molecular weight excluding hydrogens is 364 g/mol. The first-order chi connectivity index (χ1) is 13.4. The van der Waals surface area contributed by atoms with Gasteiger partial charge in [-0.2, -0.15) is 15.0 Å². The van der Waals surface area contributed by atoms with Gasteiger partial charge in [0.05, 0.1) is 25.4 Å². The molecule has 0 aliphatic carbocycles. The summed E-state index contributed by atoms with van der Waals surface area (Å²) in [5.41, 5.74) is 6.08. The van der Waals surface area contributed by atoms with Gasteiger partial charge in [0.2, 0.25) is 11.8 Å². The molecule has 4 heterocycles. The van der Waals surface area contributed by atoms with Crippen LogP contribution in [0, 0.1) is 6.92 Å². The molecule has 0 saturated carbocycles. The average Bonchev–Trinajstić information content (AvgIpc) is 3.26. The summed E-state index contributed by atoms with van der Waals surface area (Å²) in [4.78, 5) is 17.6. The minimum atomic E-state index is -0.759. The second-order valence-electron chi connectivity index (χ2n) is 7.47. The van der Waals surface area contributed by atoms with Gasteiger partial charge in [-0.3, -0.25) is 0 Å². The summed E-state index contributed by atoms with van der Waals surface area (Å²) < 4.78 is 10.6. The minimum absolute atomic E-state index is 0.307. The van der Waals surface area contributed by atoms with E-state index in [1.54, 1.807) is 6.92 Å². The van der Waals surface area contributed by atoms with Crippen LogP contribution < -0.4 is 20.9 Å². The molecule has 2 aromatic heterocycles. The predicted molar refractivity (Wildman–Crippen MR) is 103 cm³/mol. The lowest BCUT2D eigenvalue weighted by Crippen LogP contribution is -2.38. The smallest absolute Gasteiger partial charge is 0.245 e. The van der Waals surface area contributed by atoms with Crippen LogP contribution in [0.4, 0.5) is 23.3 Å². The zero-order chi connectivity index (χ0) is 19.7. The van der Waals surface area contributed by atoms with Crippen molar-refractivity contribution >= 4 is 23.3 Å². The fourth-order valence-electron chi connectivity index (χ4n) is 3.42. The van der Waals surface area contributed by atoms with Gasteiger partial charge in [-0.1, -0.05) is 5.16 Å². The second-order valence-corrected chi connectivity index (χ2v) is 7.47. The number of ether oxygens (including phenoxy) is 1. The predicted octanol–water partition coefficient (Wildman–Crippen LogP) is 0.160. The highest BCUT2D eigenvalue weighted by molar-refractivity contribution is 5.77. The van der Waals surface area contributed by atoms with Gasteiger partial charge >= 0.3 is 0 Å². The van der Waals surface area contributed by atoms with E-state index in [1.807, 2.05) is 11.8 Å². The van der Waals surface area contributed by atoms with Crippen molar-refractivity contribution in [3.05, 3.63) is 11.7 Å². The van der Waals surface area contributed by atoms with Crippen molar-refractivity contribution in [2.24, 2.45) is 0 Å². The summed E-state index contributed by atoms with van der Waals surface area (Å²) in [6.07, 6.45) is 0.660. The number of nitrogens with zero attached hydrogens (tertiary/aromatic N) is 6. The molecule has 2 aliphatic rings. The molecule has 0 amide bonds. The zero-order valence-corrected chi connectivity index (χ0v) is 16.2. The number of hydrogen-bond donors (Lipinski definition) is 3. The lowest BCUT2D eigenvalue weighted by atomic mass is 10.1. The Morgan fingerprint density at radius 3 is 2.61 bits per heavy atom. The molecule has 2 fully saturated rings. The monoisotopic (exact) mass is 390 g/mol. The molecule has 0 spiro atoms. The van der Waals surface area contributed by atoms with Crippen LogP contribution in [0.25, 0.3) is 0 Å². The van der Waals surface area contributed by atoms with E-state index >= 15 is 0 Å². The maximum atomic E-state index is 10.4. The SMILES string of the molecule is Cc1noc(CNc2nc(N3CCOCC3)nc(N3CC[C@](C)(O)C3)c2N)n1. The highest BCUT2D eigenvalue weighted by atomic mass is 16.5. The number of anilines is 4. The van der Waals surface area contributed by atoms with Crippen molar-refractivity contribution in [1.82, 2.24) is 20.1 Å². The molecule has 11 nitrogen and oxygen atoms in total. The zero-order valence-electron chi connectivity index (χ0n) is 16.2. The molecule has 0 bridgehead atoms. The van der Waals surface area contributed by atoms with Crippen molar-refractivity contribution in [2.75, 3.05) is 60.2 Å². The summed E-state index contributed by atoms with van der Waals surface area (Å²) in [6.45, 7) is 7.73. The molecule has 11 heteroatoms. The average molecular weight is 390 g/mol. The highest BCUT2D eigenvalue weighted by Gasteiger charge is 2.34. The van der Waals surface area contributed by atoms with Gasteiger partial charge in [-0.05, 0) is 20.3 Å². The van der Waals surface area contributed by atoms with Crippen LogP contribution in [0.2, 0.25) is 0 Å². The molecule has 28 heavy (non-hydrogen) atoms. The number of rotatable bonds is 5. The molecule has 0 unspecified atom stereocenters. The van der Waals surface area contributed by atoms with Crippen LogP contribution in [0.1, 0.15) is 25.1 Å². The van der Waals surface area contributed by atoms with Gasteiger partial charge in [-0.15, -0.1) is 0 Å². The Bertz CT molecular complexity index is 834. The summed E-state index contributed by atoms with van der Waals surface area (Å²) in [5.74, 6) is 2.74. The van der Waals surface area contributed by atoms with Crippen LogP contribution in [0.15, 0.2) is 4.52 Å². The first-order valence-electron chi connectivity index (χ1n) is 9.42. The number of aliphatic hydroxyl groups is 1. The van der Waals surface area contributed by atoms with Crippen molar-refractivity contribution < 1.29 is 14.4 Å². The van der Waals surface area contributed by atoms with Gasteiger partial charge in [0.25, 0.3) is 0 Å². The number of aromatic nitrogens is 4. The molecule has 1 atom stereocenters. The van der Waals surface area contributed by atoms with Crippen LogP contribution >= 0.6 is 0 Å². The van der Waals surface area contributed by atoms with Crippen molar-refractivity contribution in [1.29, 1.82) is 0 Å². The number of hydrogen-bond acceptors (Lipinski definition) is 11. The van der Waals surface area contributed by atoms with E-state index in [-0.39, 0.29) is 0 Å². The summed E-state index contributed by atoms with van der Waals surface area (Å²) in [7, 11) is 0. The number of nitrogen functional groups attached to an aromatic ring is 1. The maximum absolute atomic E-state index is 10.4. The van der Waals surface area contributed by atoms with Gasteiger partial charge in [0, 0.05) is 26.2 Å². The van der Waals surface area contributed by atoms with Crippen LogP contribution in [-0.2, 0) is 11.3 Å². The lowest BCUT2D eigenvalue weighted by molar-refractivity contribution is 0.0839. The molecule has 2 aromatic rings. The number of aryl methyl sites for hydroxylation is 1. The third kappa shape index (κ3) is 3.94. The molecule has 4 N–H and O–H groups in total. The number of β-amino-alcohol motifs (C(OH)–C–C–N with tert-alkyl or cyclic N) is 1. The maximum Gasteiger partial charge on any atom is 0.245 e. The molecule has 2 saturated heterocycles. The van der Waals surface area contributed by atoms with E-state index in [1.165, 1.54) is 0 Å². The Hall–Kier alpha value is -2.66. The van der Waals surface area contributed by atoms with E-state index < -0.39 is 5.60 Å². The Kier molecular flexibility index (Phi) is 4.94. The third-order valence-corrected chi connectivity index (χ3v) is 4.94. The van der Waals surface area contributed by atoms with E-state index in [0.717, 1.165) is 0 Å². The van der Waals surface area contributed by atoms with Crippen molar-refractivity contribution in [3.63, 3.8) is 0 Å². The topological polar surface area (TPSA) is 139 Å². The molecule has 152 valence electrons. The fraction of sp³-hybridized carbons (Fsp3) is 0.647. The summed E-state index contributed by atoms with van der Waals surface area (Å²) in [6, 6.07) is 0. The van der Waals surface area contributed by atoms with E-state index in [0.29, 0.717) is 87.3 Å². The van der Waals surface area contributed by atoms with Gasteiger partial charge in [0.1, 0.15) is 5.69 Å². The van der Waals surface area contributed by atoms with Gasteiger partial charge in [-0.25, -0.2) is 0 Å². The first-order valence-corrected chi connectivity index (χ1v) is 9.42. The van der Waals surface area contributed by atoms with Crippen LogP contribution in [-0.4, -0.2) is 70.2 Å². The number of nitrogens with one attached hydrogen (secondary N) is 1. The molecule has 0 aromatic carbocycles. The van der Waals surface area contributed by atoms with Crippen LogP contribution in [0.5, 0.6) is 0 Å². The summed E-state index contributed by atoms with van der Waals surface area (Å²) >= 11 is 0. The number of morpholine rings is 1. The normalized spacial score (nSPS) is 22.7. The highest BCUT2D eigenvalue weighted by Crippen LogP contribution is 2.34. The van der Waals surface area contributed by atoms with E-state index in [9.17, 15) is 5.11 Å². The Balaban J connectivity index is 1.63. The number of nitrogens with two attached hydrogens (primary N) is 1. The summed E-state index contributed by atoms with van der Waals surface area (Å²) in [5, 5.41) is 17.3. The Labute approximate surface area is 162 Å². The minimum Gasteiger partial charge on any atom is -0.393 e. The third-order valence-electron chi connectivity index (χ3n) is 4.94. The van der Waals surface area contributed by atoms with Crippen molar-refractivity contribution in [3.8, 4) is 0 Å². The van der Waals surface area contributed by atoms with E-state index in [2.05, 4.69) is 25.3 Å². The lowest BCUT2D eigenvalue weighted by Gasteiger charge is -2.29. The Morgan fingerprint density at radius 1 is 1.18 bits per heavy atom. The molecular formula is C17H26N8O3. The fourth-order valence-corrected chi connectivity index (χ4v) is 3.42. The van der Waals surface area contributed by atoms with Crippen molar-refractivity contribution in [2.45, 2.75) is 32.4 Å².